The van der Waals surface area contributed by atoms with Crippen LogP contribution in [0.25, 0.3) is 4.85 Å². The summed E-state index contributed by atoms with van der Waals surface area (Å²) >= 11 is 6.38. The highest BCUT2D eigenvalue weighted by Crippen LogP contribution is 2.48. The Morgan fingerprint density at radius 1 is 0.842 bits per heavy atom. The third-order valence-corrected chi connectivity index (χ3v) is 14.1. The number of halogens is 1. The fraction of sp³-hybridized carbons (Fsp3) is 0.455. The molecule has 1 N–H and O–H groups in total. The van der Waals surface area contributed by atoms with Crippen molar-refractivity contribution in [3.05, 3.63) is 98.9 Å². The van der Waals surface area contributed by atoms with Crippen molar-refractivity contribution in [1.82, 2.24) is 20.0 Å². The molecule has 57 heavy (non-hydrogen) atoms. The van der Waals surface area contributed by atoms with Gasteiger partial charge >= 0.3 is 0 Å². The highest BCUT2D eigenvalue weighted by Gasteiger charge is 2.47. The summed E-state index contributed by atoms with van der Waals surface area (Å²) in [5.74, 6) is -1.43. The zero-order valence-electron chi connectivity index (χ0n) is 32.1. The topological polar surface area (TPSA) is 118 Å². The number of anilines is 2. The number of likely N-dealkylation sites (tertiary alicyclic amines) is 1. The van der Waals surface area contributed by atoms with Gasteiger partial charge in [0.05, 0.1) is 17.7 Å². The second-order valence-corrected chi connectivity index (χ2v) is 17.2. The Balaban J connectivity index is 0.747. The third-order valence-electron chi connectivity index (χ3n) is 13.8. The van der Waals surface area contributed by atoms with E-state index >= 15 is 0 Å². The van der Waals surface area contributed by atoms with Gasteiger partial charge in [-0.15, -0.1) is 0 Å². The largest absolute Gasteiger partial charge is 0.371 e. The van der Waals surface area contributed by atoms with Gasteiger partial charge in [-0.25, -0.2) is 4.85 Å². The maximum absolute atomic E-state index is 13.6. The molecule has 1 unspecified atom stereocenters. The lowest BCUT2D eigenvalue weighted by Gasteiger charge is -2.44. The zero-order valence-corrected chi connectivity index (χ0v) is 32.9. The standard InChI is InChI=1S/C44H46ClN7O5/c1-27-44(15-20-51(27)33-7-8-37(46-2)36(45)23-33)13-18-49(19-14-44)32-5-3-29(4-6-32)41(55)50-16-11-28(12-17-50)24-48-25-30-21-34-35(22-31(30)26-48)43(57)52(42(34)56)38-9-10-39(53)47-40(38)54/h3-8,21-23,27-28,38H,9-20,24-26H2,1H3,(H,47,53,54)/t27-,38?/m1/s1. The first kappa shape index (κ1) is 37.3. The lowest BCUT2D eigenvalue weighted by Crippen LogP contribution is -2.54. The number of fused-ring (bicyclic) bond motifs is 2. The Bertz CT molecular complexity index is 2180. The highest BCUT2D eigenvalue weighted by atomic mass is 35.5. The van der Waals surface area contributed by atoms with Crippen LogP contribution in [0.3, 0.4) is 0 Å². The van der Waals surface area contributed by atoms with E-state index in [4.69, 9.17) is 18.2 Å². The minimum Gasteiger partial charge on any atom is -0.371 e. The van der Waals surface area contributed by atoms with Crippen LogP contribution in [0.5, 0.6) is 0 Å². The SMILES string of the molecule is [C-]#[N+]c1ccc(N2CCC3(CCN(c4ccc(C(=O)N5CCC(CN6Cc7cc8c(cc7C6)C(=O)N(C6CCC(=O)NC6=O)C8=O)CC5)cc4)CC3)[C@H]2C)cc1Cl. The highest BCUT2D eigenvalue weighted by molar-refractivity contribution is 6.33. The van der Waals surface area contributed by atoms with E-state index in [-0.39, 0.29) is 30.1 Å². The van der Waals surface area contributed by atoms with Crippen LogP contribution in [-0.4, -0.2) is 95.6 Å². The van der Waals surface area contributed by atoms with Crippen molar-refractivity contribution in [3.8, 4) is 0 Å². The summed E-state index contributed by atoms with van der Waals surface area (Å²) in [7, 11) is 0. The number of amides is 5. The van der Waals surface area contributed by atoms with Gasteiger partial charge in [-0.2, -0.15) is 0 Å². The van der Waals surface area contributed by atoms with E-state index in [0.29, 0.717) is 60.0 Å². The predicted octanol–water partition coefficient (Wildman–Crippen LogP) is 6.05. The van der Waals surface area contributed by atoms with Crippen molar-refractivity contribution >= 4 is 58.2 Å². The van der Waals surface area contributed by atoms with Crippen molar-refractivity contribution in [2.24, 2.45) is 11.3 Å². The lowest BCUT2D eigenvalue weighted by molar-refractivity contribution is -0.136. The van der Waals surface area contributed by atoms with E-state index in [0.717, 1.165) is 91.2 Å². The molecular weight excluding hydrogens is 742 g/mol. The Morgan fingerprint density at radius 2 is 1.47 bits per heavy atom. The molecule has 13 heteroatoms. The van der Waals surface area contributed by atoms with Crippen LogP contribution < -0.4 is 15.1 Å². The van der Waals surface area contributed by atoms with Crippen molar-refractivity contribution in [2.45, 2.75) is 77.0 Å². The molecule has 3 aromatic carbocycles. The minimum absolute atomic E-state index is 0.0748. The van der Waals surface area contributed by atoms with Gasteiger partial charge in [0.25, 0.3) is 17.7 Å². The van der Waals surface area contributed by atoms with Gasteiger partial charge < -0.3 is 14.7 Å². The van der Waals surface area contributed by atoms with Gasteiger partial charge in [0.1, 0.15) is 6.04 Å². The minimum atomic E-state index is -0.967. The maximum atomic E-state index is 13.6. The van der Waals surface area contributed by atoms with E-state index in [1.807, 2.05) is 47.4 Å². The van der Waals surface area contributed by atoms with Crippen LogP contribution in [0, 0.1) is 17.9 Å². The second-order valence-electron chi connectivity index (χ2n) is 16.8. The molecule has 0 saturated carbocycles. The maximum Gasteiger partial charge on any atom is 0.262 e. The summed E-state index contributed by atoms with van der Waals surface area (Å²) in [6.07, 6.45) is 5.40. The molecule has 2 atom stereocenters. The summed E-state index contributed by atoms with van der Waals surface area (Å²) in [4.78, 5) is 78.0. The zero-order chi connectivity index (χ0) is 39.6. The van der Waals surface area contributed by atoms with Crippen LogP contribution in [0.1, 0.15) is 94.1 Å². The number of carbonyl (C=O) groups is 5. The Kier molecular flexibility index (Phi) is 9.56. The smallest absolute Gasteiger partial charge is 0.262 e. The first-order chi connectivity index (χ1) is 27.5. The molecule has 6 aliphatic heterocycles. The quantitative estimate of drug-likeness (QED) is 0.237. The van der Waals surface area contributed by atoms with E-state index in [9.17, 15) is 24.0 Å². The van der Waals surface area contributed by atoms with Gasteiger partial charge in [0.15, 0.2) is 0 Å². The molecule has 9 rings (SSSR count). The Hall–Kier alpha value is -5.25. The molecule has 6 heterocycles. The van der Waals surface area contributed by atoms with Gasteiger partial charge in [-0.1, -0.05) is 17.7 Å². The number of nitrogens with one attached hydrogen (secondary N) is 1. The van der Waals surface area contributed by atoms with E-state index < -0.39 is 23.8 Å². The summed E-state index contributed by atoms with van der Waals surface area (Å²) in [6, 6.07) is 17.0. The van der Waals surface area contributed by atoms with Crippen molar-refractivity contribution in [1.29, 1.82) is 0 Å². The summed E-state index contributed by atoms with van der Waals surface area (Å²) in [5, 5.41) is 2.76. The van der Waals surface area contributed by atoms with Crippen LogP contribution in [0.15, 0.2) is 54.6 Å². The molecule has 6 aliphatic rings. The van der Waals surface area contributed by atoms with Crippen LogP contribution >= 0.6 is 11.6 Å². The van der Waals surface area contributed by atoms with Crippen molar-refractivity contribution in [2.75, 3.05) is 49.1 Å². The normalized spacial score (nSPS) is 23.6. The van der Waals surface area contributed by atoms with Gasteiger partial charge in [0.2, 0.25) is 17.5 Å². The molecule has 0 aromatic heterocycles. The molecular formula is C44H46ClN7O5. The van der Waals surface area contributed by atoms with Gasteiger partial charge in [-0.05, 0) is 116 Å². The molecule has 294 valence electrons. The lowest BCUT2D eigenvalue weighted by atomic mass is 9.73. The number of piperidine rings is 3. The first-order valence-corrected chi connectivity index (χ1v) is 20.6. The van der Waals surface area contributed by atoms with Gasteiger partial charge in [-0.3, -0.25) is 39.1 Å². The molecule has 4 fully saturated rings. The molecule has 3 aromatic rings. The van der Waals surface area contributed by atoms with E-state index in [1.54, 1.807) is 0 Å². The molecule has 0 radical (unpaired) electrons. The van der Waals surface area contributed by atoms with Crippen molar-refractivity contribution in [3.63, 3.8) is 0 Å². The Labute approximate surface area is 337 Å². The number of nitrogens with zero attached hydrogens (tertiary/aromatic N) is 6. The number of hydrogen-bond acceptors (Lipinski definition) is 8. The number of imide groups is 2. The summed E-state index contributed by atoms with van der Waals surface area (Å²) < 4.78 is 0. The number of carbonyl (C=O) groups excluding carboxylic acids is 5. The van der Waals surface area contributed by atoms with E-state index in [1.165, 1.54) is 0 Å². The average molecular weight is 788 g/mol. The third kappa shape index (κ3) is 6.64. The fourth-order valence-corrected chi connectivity index (χ4v) is 10.5. The second kappa shape index (κ2) is 14.6. The summed E-state index contributed by atoms with van der Waals surface area (Å²) in [5.41, 5.74) is 6.39. The van der Waals surface area contributed by atoms with E-state index in [2.05, 4.69) is 43.9 Å². The average Bonchev–Trinajstić information content (AvgIpc) is 3.84. The van der Waals surface area contributed by atoms with Crippen LogP contribution in [0.2, 0.25) is 5.02 Å². The molecule has 12 nitrogen and oxygen atoms in total. The number of hydrogen-bond donors (Lipinski definition) is 1. The Morgan fingerprint density at radius 3 is 2.09 bits per heavy atom. The monoisotopic (exact) mass is 787 g/mol. The van der Waals surface area contributed by atoms with Crippen molar-refractivity contribution < 1.29 is 24.0 Å². The molecule has 1 spiro atoms. The molecule has 0 bridgehead atoms. The number of benzene rings is 3. The van der Waals surface area contributed by atoms with Crippen LogP contribution in [0.4, 0.5) is 17.1 Å². The fourth-order valence-electron chi connectivity index (χ4n) is 10.3. The van der Waals surface area contributed by atoms with Gasteiger partial charge in [0, 0.05) is 86.8 Å². The molecule has 0 aliphatic carbocycles. The molecule has 5 amide bonds. The predicted molar refractivity (Wildman–Crippen MR) is 215 cm³/mol. The number of rotatable bonds is 6. The van der Waals surface area contributed by atoms with Crippen LogP contribution in [-0.2, 0) is 22.7 Å². The summed E-state index contributed by atoms with van der Waals surface area (Å²) in [6.45, 7) is 16.2. The first-order valence-electron chi connectivity index (χ1n) is 20.2. The molecule has 4 saturated heterocycles.